The first-order valence-corrected chi connectivity index (χ1v) is 8.12. The van der Waals surface area contributed by atoms with Gasteiger partial charge in [-0.1, -0.05) is 18.2 Å². The third-order valence-corrected chi connectivity index (χ3v) is 5.00. The van der Waals surface area contributed by atoms with E-state index < -0.39 is 0 Å². The Morgan fingerprint density at radius 3 is 3.00 bits per heavy atom. The average Bonchev–Trinajstić information content (AvgIpc) is 3.14. The van der Waals surface area contributed by atoms with Crippen LogP contribution in [0.4, 0.5) is 0 Å². The molecule has 0 unspecified atom stereocenters. The maximum absolute atomic E-state index is 12.4. The van der Waals surface area contributed by atoms with Crippen molar-refractivity contribution < 1.29 is 9.53 Å². The van der Waals surface area contributed by atoms with Crippen LogP contribution < -0.4 is 5.73 Å². The van der Waals surface area contributed by atoms with E-state index in [-0.39, 0.29) is 18.1 Å². The number of nitrogens with zero attached hydrogens (tertiary/aromatic N) is 1. The van der Waals surface area contributed by atoms with Crippen molar-refractivity contribution in [3.63, 3.8) is 0 Å². The van der Waals surface area contributed by atoms with E-state index in [1.165, 1.54) is 15.6 Å². The van der Waals surface area contributed by atoms with Gasteiger partial charge in [0, 0.05) is 24.8 Å². The zero-order valence-electron chi connectivity index (χ0n) is 12.1. The van der Waals surface area contributed by atoms with Crippen molar-refractivity contribution in [2.75, 3.05) is 13.6 Å². The fraction of sp³-hybridized carbons (Fsp3) is 0.438. The molecule has 4 nitrogen and oxygen atoms in total. The molecule has 0 spiro atoms. The Bertz CT molecular complexity index is 640. The van der Waals surface area contributed by atoms with Gasteiger partial charge in [-0.3, -0.25) is 4.79 Å². The first-order valence-electron chi connectivity index (χ1n) is 7.24. The molecule has 1 aromatic heterocycles. The lowest BCUT2D eigenvalue weighted by molar-refractivity contribution is -0.141. The quantitative estimate of drug-likeness (QED) is 0.943. The molecule has 0 bridgehead atoms. The number of rotatable bonds is 4. The van der Waals surface area contributed by atoms with Gasteiger partial charge in [0.2, 0.25) is 0 Å². The van der Waals surface area contributed by atoms with Gasteiger partial charge in [0.05, 0.1) is 6.10 Å². The summed E-state index contributed by atoms with van der Waals surface area (Å²) in [7, 11) is 1.84. The van der Waals surface area contributed by atoms with E-state index >= 15 is 0 Å². The number of carbonyl (C=O) groups excluding carboxylic acids is 1. The SMILES string of the molecule is CN(Cc1csc2ccccc12)C(=O)[C@@H]1CC[C@H](CN)O1. The molecular weight excluding hydrogens is 284 g/mol. The fourth-order valence-electron chi connectivity index (χ4n) is 2.80. The number of nitrogens with two attached hydrogens (primary N) is 1. The molecule has 2 atom stereocenters. The summed E-state index contributed by atoms with van der Waals surface area (Å²) in [6, 6.07) is 8.29. The van der Waals surface area contributed by atoms with Crippen LogP contribution in [-0.4, -0.2) is 36.6 Å². The van der Waals surface area contributed by atoms with Crippen molar-refractivity contribution in [1.29, 1.82) is 0 Å². The smallest absolute Gasteiger partial charge is 0.251 e. The summed E-state index contributed by atoms with van der Waals surface area (Å²) in [6.45, 7) is 1.11. The molecule has 112 valence electrons. The van der Waals surface area contributed by atoms with E-state index in [0.717, 1.165) is 12.8 Å². The highest BCUT2D eigenvalue weighted by atomic mass is 32.1. The number of amides is 1. The van der Waals surface area contributed by atoms with Crippen molar-refractivity contribution in [3.8, 4) is 0 Å². The van der Waals surface area contributed by atoms with Crippen LogP contribution in [0.5, 0.6) is 0 Å². The van der Waals surface area contributed by atoms with E-state index in [9.17, 15) is 4.79 Å². The van der Waals surface area contributed by atoms with E-state index in [1.54, 1.807) is 16.2 Å². The lowest BCUT2D eigenvalue weighted by Crippen LogP contribution is -2.36. The molecule has 1 amide bonds. The highest BCUT2D eigenvalue weighted by Gasteiger charge is 2.31. The van der Waals surface area contributed by atoms with Gasteiger partial charge in [-0.15, -0.1) is 11.3 Å². The molecule has 0 radical (unpaired) electrons. The standard InChI is InChI=1S/C16H20N2O2S/c1-18(16(19)14-7-6-12(8-17)20-14)9-11-10-21-15-5-3-2-4-13(11)15/h2-5,10,12,14H,6-9,17H2,1H3/t12-,14+/m1/s1. The number of ether oxygens (including phenoxy) is 1. The first-order chi connectivity index (χ1) is 10.2. The molecule has 2 aromatic rings. The second-order valence-electron chi connectivity index (χ2n) is 5.51. The van der Waals surface area contributed by atoms with Crippen molar-refractivity contribution in [2.45, 2.75) is 31.6 Å². The van der Waals surface area contributed by atoms with Gasteiger partial charge in [-0.25, -0.2) is 0 Å². The normalized spacial score (nSPS) is 21.8. The van der Waals surface area contributed by atoms with Gasteiger partial charge in [0.15, 0.2) is 0 Å². The van der Waals surface area contributed by atoms with Crippen LogP contribution in [0.3, 0.4) is 0 Å². The molecular formula is C16H20N2O2S. The second kappa shape index (κ2) is 6.13. The van der Waals surface area contributed by atoms with Gasteiger partial charge >= 0.3 is 0 Å². The Morgan fingerprint density at radius 1 is 1.43 bits per heavy atom. The summed E-state index contributed by atoms with van der Waals surface area (Å²) in [5.41, 5.74) is 6.79. The molecule has 5 heteroatoms. The van der Waals surface area contributed by atoms with Crippen LogP contribution >= 0.6 is 11.3 Å². The molecule has 1 saturated heterocycles. The fourth-order valence-corrected chi connectivity index (χ4v) is 3.75. The summed E-state index contributed by atoms with van der Waals surface area (Å²) in [5, 5.41) is 3.36. The number of fused-ring (bicyclic) bond motifs is 1. The van der Waals surface area contributed by atoms with Gasteiger partial charge in [-0.2, -0.15) is 0 Å². The minimum absolute atomic E-state index is 0.0364. The predicted octanol–water partition coefficient (Wildman–Crippen LogP) is 2.37. The summed E-state index contributed by atoms with van der Waals surface area (Å²) >= 11 is 1.72. The van der Waals surface area contributed by atoms with Gasteiger partial charge in [-0.05, 0) is 35.2 Å². The minimum Gasteiger partial charge on any atom is -0.364 e. The molecule has 1 aromatic carbocycles. The molecule has 2 N–H and O–H groups in total. The van der Waals surface area contributed by atoms with Gasteiger partial charge < -0.3 is 15.4 Å². The maximum atomic E-state index is 12.4. The van der Waals surface area contributed by atoms with Crippen LogP contribution in [0.15, 0.2) is 29.6 Å². The van der Waals surface area contributed by atoms with E-state index in [2.05, 4.69) is 17.5 Å². The van der Waals surface area contributed by atoms with Crippen molar-refractivity contribution in [3.05, 3.63) is 35.2 Å². The molecule has 3 rings (SSSR count). The number of likely N-dealkylation sites (N-methyl/N-ethyl adjacent to an activating group) is 1. The Hall–Kier alpha value is -1.43. The van der Waals surface area contributed by atoms with Crippen LogP contribution in [0.1, 0.15) is 18.4 Å². The van der Waals surface area contributed by atoms with E-state index in [4.69, 9.17) is 10.5 Å². The van der Waals surface area contributed by atoms with Gasteiger partial charge in [0.1, 0.15) is 6.10 Å². The van der Waals surface area contributed by atoms with Crippen LogP contribution in [0, 0.1) is 0 Å². The monoisotopic (exact) mass is 304 g/mol. The van der Waals surface area contributed by atoms with Crippen LogP contribution in [0.2, 0.25) is 0 Å². The van der Waals surface area contributed by atoms with Crippen LogP contribution in [-0.2, 0) is 16.1 Å². The lowest BCUT2D eigenvalue weighted by Gasteiger charge is -2.21. The maximum Gasteiger partial charge on any atom is 0.251 e. The number of hydrogen-bond acceptors (Lipinski definition) is 4. The highest BCUT2D eigenvalue weighted by molar-refractivity contribution is 7.17. The van der Waals surface area contributed by atoms with Crippen molar-refractivity contribution in [2.24, 2.45) is 5.73 Å². The zero-order valence-corrected chi connectivity index (χ0v) is 12.9. The molecule has 1 aliphatic rings. The lowest BCUT2D eigenvalue weighted by atomic mass is 10.1. The van der Waals surface area contributed by atoms with Crippen LogP contribution in [0.25, 0.3) is 10.1 Å². The highest BCUT2D eigenvalue weighted by Crippen LogP contribution is 2.27. The summed E-state index contributed by atoms with van der Waals surface area (Å²) in [4.78, 5) is 14.2. The van der Waals surface area contributed by atoms with E-state index in [1.807, 2.05) is 19.2 Å². The molecule has 1 aliphatic heterocycles. The average molecular weight is 304 g/mol. The molecule has 0 saturated carbocycles. The zero-order chi connectivity index (χ0) is 14.8. The van der Waals surface area contributed by atoms with Crippen molar-refractivity contribution >= 4 is 27.3 Å². The Balaban J connectivity index is 1.68. The van der Waals surface area contributed by atoms with Crippen molar-refractivity contribution in [1.82, 2.24) is 4.90 Å². The number of carbonyl (C=O) groups is 1. The third-order valence-electron chi connectivity index (χ3n) is 3.99. The summed E-state index contributed by atoms with van der Waals surface area (Å²) in [6.07, 6.45) is 1.36. The molecule has 1 fully saturated rings. The Labute approximate surface area is 128 Å². The van der Waals surface area contributed by atoms with E-state index in [0.29, 0.717) is 13.1 Å². The Morgan fingerprint density at radius 2 is 2.24 bits per heavy atom. The molecule has 0 aliphatic carbocycles. The third kappa shape index (κ3) is 2.95. The molecule has 21 heavy (non-hydrogen) atoms. The summed E-state index contributed by atoms with van der Waals surface area (Å²) < 4.78 is 6.94. The number of thiophene rings is 1. The second-order valence-corrected chi connectivity index (χ2v) is 6.42. The molecule has 2 heterocycles. The largest absolute Gasteiger partial charge is 0.364 e. The number of benzene rings is 1. The first kappa shape index (κ1) is 14.5. The minimum atomic E-state index is -0.326. The topological polar surface area (TPSA) is 55.6 Å². The predicted molar refractivity (Wildman–Crippen MR) is 85.2 cm³/mol. The number of hydrogen-bond donors (Lipinski definition) is 1. The summed E-state index contributed by atoms with van der Waals surface area (Å²) in [5.74, 6) is 0.0567. The Kier molecular flexibility index (Phi) is 4.24. The van der Waals surface area contributed by atoms with Gasteiger partial charge in [0.25, 0.3) is 5.91 Å².